The summed E-state index contributed by atoms with van der Waals surface area (Å²) in [4.78, 5) is 25.2. The molecule has 0 radical (unpaired) electrons. The maximum atomic E-state index is 12.3. The Bertz CT molecular complexity index is 490. The molecular weight excluding hydrogens is 254 g/mol. The number of piperidine rings is 1. The van der Waals surface area contributed by atoms with Crippen molar-refractivity contribution in [2.24, 2.45) is 17.4 Å². The van der Waals surface area contributed by atoms with Crippen molar-refractivity contribution in [2.45, 2.75) is 25.8 Å². The standard InChI is InChI=1S/C15H21N3O2/c1-10-2-4-11(5-3-10)13(16)15(20)18-8-6-12(7-9-18)14(17)19/h2-5,12-13H,6-9,16H2,1H3,(H2,17,19). The van der Waals surface area contributed by atoms with Gasteiger partial charge in [-0.1, -0.05) is 29.8 Å². The number of rotatable bonds is 3. The highest BCUT2D eigenvalue weighted by Gasteiger charge is 2.28. The molecule has 108 valence electrons. The van der Waals surface area contributed by atoms with E-state index in [0.717, 1.165) is 11.1 Å². The molecule has 0 aromatic heterocycles. The molecule has 0 aliphatic carbocycles. The van der Waals surface area contributed by atoms with Gasteiger partial charge < -0.3 is 16.4 Å². The van der Waals surface area contributed by atoms with Crippen molar-refractivity contribution < 1.29 is 9.59 Å². The van der Waals surface area contributed by atoms with Gasteiger partial charge in [-0.05, 0) is 25.3 Å². The molecule has 0 saturated carbocycles. The third-order valence-electron chi connectivity index (χ3n) is 3.91. The van der Waals surface area contributed by atoms with Crippen LogP contribution < -0.4 is 11.5 Å². The number of hydrogen-bond donors (Lipinski definition) is 2. The normalized spacial score (nSPS) is 17.8. The molecule has 5 heteroatoms. The molecule has 4 N–H and O–H groups in total. The summed E-state index contributed by atoms with van der Waals surface area (Å²) in [6.45, 7) is 3.09. The second kappa shape index (κ2) is 6.05. The van der Waals surface area contributed by atoms with Crippen LogP contribution in [-0.2, 0) is 9.59 Å². The Labute approximate surface area is 118 Å². The zero-order chi connectivity index (χ0) is 14.7. The summed E-state index contributed by atoms with van der Waals surface area (Å²) < 4.78 is 0. The average molecular weight is 275 g/mol. The maximum absolute atomic E-state index is 12.3. The highest BCUT2D eigenvalue weighted by molar-refractivity contribution is 5.83. The molecule has 1 aliphatic heterocycles. The first-order valence-corrected chi connectivity index (χ1v) is 6.89. The summed E-state index contributed by atoms with van der Waals surface area (Å²) >= 11 is 0. The summed E-state index contributed by atoms with van der Waals surface area (Å²) in [7, 11) is 0. The van der Waals surface area contributed by atoms with E-state index < -0.39 is 6.04 Å². The van der Waals surface area contributed by atoms with Crippen LogP contribution in [0.1, 0.15) is 30.0 Å². The van der Waals surface area contributed by atoms with Gasteiger partial charge in [-0.15, -0.1) is 0 Å². The fourth-order valence-corrected chi connectivity index (χ4v) is 2.50. The summed E-state index contributed by atoms with van der Waals surface area (Å²) in [6, 6.07) is 7.02. The number of carbonyl (C=O) groups excluding carboxylic acids is 2. The Kier molecular flexibility index (Phi) is 4.39. The van der Waals surface area contributed by atoms with Gasteiger partial charge in [-0.2, -0.15) is 0 Å². The zero-order valence-electron chi connectivity index (χ0n) is 11.7. The molecule has 1 aromatic carbocycles. The van der Waals surface area contributed by atoms with Crippen LogP contribution in [0, 0.1) is 12.8 Å². The quantitative estimate of drug-likeness (QED) is 0.851. The van der Waals surface area contributed by atoms with Gasteiger partial charge in [0.05, 0.1) is 0 Å². The molecule has 1 fully saturated rings. The fraction of sp³-hybridized carbons (Fsp3) is 0.467. The highest BCUT2D eigenvalue weighted by atomic mass is 16.2. The molecule has 0 spiro atoms. The van der Waals surface area contributed by atoms with Crippen molar-refractivity contribution in [3.05, 3.63) is 35.4 Å². The van der Waals surface area contributed by atoms with Crippen LogP contribution in [0.5, 0.6) is 0 Å². The Hall–Kier alpha value is -1.88. The molecule has 1 unspecified atom stereocenters. The van der Waals surface area contributed by atoms with E-state index in [1.165, 1.54) is 0 Å². The number of primary amides is 1. The lowest BCUT2D eigenvalue weighted by molar-refractivity contribution is -0.136. The SMILES string of the molecule is Cc1ccc(C(N)C(=O)N2CCC(C(N)=O)CC2)cc1. The summed E-state index contributed by atoms with van der Waals surface area (Å²) in [6.07, 6.45) is 1.25. The number of amides is 2. The summed E-state index contributed by atoms with van der Waals surface area (Å²) in [5.74, 6) is -0.480. The molecule has 1 heterocycles. The van der Waals surface area contributed by atoms with Crippen molar-refractivity contribution in [1.82, 2.24) is 4.90 Å². The number of nitrogens with two attached hydrogens (primary N) is 2. The van der Waals surface area contributed by atoms with Crippen molar-refractivity contribution in [3.63, 3.8) is 0 Å². The molecule has 20 heavy (non-hydrogen) atoms. The average Bonchev–Trinajstić information content (AvgIpc) is 2.46. The Morgan fingerprint density at radius 1 is 1.20 bits per heavy atom. The largest absolute Gasteiger partial charge is 0.369 e. The van der Waals surface area contributed by atoms with Gasteiger partial charge in [0.2, 0.25) is 11.8 Å². The second-order valence-electron chi connectivity index (χ2n) is 5.39. The molecule has 2 amide bonds. The predicted molar refractivity (Wildman–Crippen MR) is 76.6 cm³/mol. The van der Waals surface area contributed by atoms with Crippen LogP contribution >= 0.6 is 0 Å². The lowest BCUT2D eigenvalue weighted by Gasteiger charge is -2.32. The van der Waals surface area contributed by atoms with Crippen LogP contribution in [-0.4, -0.2) is 29.8 Å². The molecule has 2 rings (SSSR count). The third-order valence-corrected chi connectivity index (χ3v) is 3.91. The Morgan fingerprint density at radius 3 is 2.25 bits per heavy atom. The number of carbonyl (C=O) groups is 2. The van der Waals surface area contributed by atoms with Crippen LogP contribution in [0.3, 0.4) is 0 Å². The van der Waals surface area contributed by atoms with Gasteiger partial charge in [-0.25, -0.2) is 0 Å². The minimum Gasteiger partial charge on any atom is -0.369 e. The molecule has 1 aliphatic rings. The van der Waals surface area contributed by atoms with Crippen molar-refractivity contribution >= 4 is 11.8 Å². The van der Waals surface area contributed by atoms with Gasteiger partial charge in [0, 0.05) is 19.0 Å². The number of hydrogen-bond acceptors (Lipinski definition) is 3. The first-order valence-electron chi connectivity index (χ1n) is 6.89. The van der Waals surface area contributed by atoms with Gasteiger partial charge in [0.1, 0.15) is 6.04 Å². The van der Waals surface area contributed by atoms with E-state index >= 15 is 0 Å². The maximum Gasteiger partial charge on any atom is 0.244 e. The lowest BCUT2D eigenvalue weighted by atomic mass is 9.95. The Morgan fingerprint density at radius 2 is 1.75 bits per heavy atom. The van der Waals surface area contributed by atoms with Gasteiger partial charge in [0.15, 0.2) is 0 Å². The van der Waals surface area contributed by atoms with E-state index in [2.05, 4.69) is 0 Å². The molecule has 5 nitrogen and oxygen atoms in total. The van der Waals surface area contributed by atoms with Crippen LogP contribution in [0.15, 0.2) is 24.3 Å². The highest BCUT2D eigenvalue weighted by Crippen LogP contribution is 2.20. The predicted octanol–water partition coefficient (Wildman–Crippen LogP) is 0.719. The molecule has 0 bridgehead atoms. The van der Waals surface area contributed by atoms with E-state index in [0.29, 0.717) is 25.9 Å². The Balaban J connectivity index is 1.98. The van der Waals surface area contributed by atoms with Crippen molar-refractivity contribution in [2.75, 3.05) is 13.1 Å². The van der Waals surface area contributed by atoms with Crippen molar-refractivity contribution in [1.29, 1.82) is 0 Å². The van der Waals surface area contributed by atoms with Crippen LogP contribution in [0.4, 0.5) is 0 Å². The molecule has 1 aromatic rings. The topological polar surface area (TPSA) is 89.4 Å². The third kappa shape index (κ3) is 3.17. The lowest BCUT2D eigenvalue weighted by Crippen LogP contribution is -2.45. The number of aryl methyl sites for hydroxylation is 1. The number of likely N-dealkylation sites (tertiary alicyclic amines) is 1. The molecular formula is C15H21N3O2. The minimum atomic E-state index is -0.638. The molecule has 1 saturated heterocycles. The van der Waals surface area contributed by atoms with Gasteiger partial charge in [0.25, 0.3) is 0 Å². The van der Waals surface area contributed by atoms with E-state index in [-0.39, 0.29) is 17.7 Å². The van der Waals surface area contributed by atoms with Gasteiger partial charge >= 0.3 is 0 Å². The number of nitrogens with zero attached hydrogens (tertiary/aromatic N) is 1. The van der Waals surface area contributed by atoms with E-state index in [1.807, 2.05) is 31.2 Å². The first-order chi connectivity index (χ1) is 9.49. The van der Waals surface area contributed by atoms with Crippen molar-refractivity contribution in [3.8, 4) is 0 Å². The smallest absolute Gasteiger partial charge is 0.244 e. The number of benzene rings is 1. The summed E-state index contributed by atoms with van der Waals surface area (Å²) in [5.41, 5.74) is 13.3. The summed E-state index contributed by atoms with van der Waals surface area (Å²) in [5, 5.41) is 0. The van der Waals surface area contributed by atoms with Crippen LogP contribution in [0.25, 0.3) is 0 Å². The second-order valence-corrected chi connectivity index (χ2v) is 5.39. The van der Waals surface area contributed by atoms with Crippen LogP contribution in [0.2, 0.25) is 0 Å². The minimum absolute atomic E-state index is 0.0863. The fourth-order valence-electron chi connectivity index (χ4n) is 2.50. The zero-order valence-corrected chi connectivity index (χ0v) is 11.7. The van der Waals surface area contributed by atoms with E-state index in [4.69, 9.17) is 11.5 Å². The van der Waals surface area contributed by atoms with E-state index in [1.54, 1.807) is 4.90 Å². The van der Waals surface area contributed by atoms with Gasteiger partial charge in [-0.3, -0.25) is 9.59 Å². The van der Waals surface area contributed by atoms with E-state index in [9.17, 15) is 9.59 Å². The molecule has 1 atom stereocenters. The monoisotopic (exact) mass is 275 g/mol. The first kappa shape index (κ1) is 14.5.